The van der Waals surface area contributed by atoms with Gasteiger partial charge in [0.1, 0.15) is 11.5 Å². The molecule has 0 aliphatic heterocycles. The fraction of sp³-hybridized carbons (Fsp3) is 0.158. The van der Waals surface area contributed by atoms with E-state index in [-0.39, 0.29) is 11.5 Å². The summed E-state index contributed by atoms with van der Waals surface area (Å²) in [6, 6.07) is 14.3. The minimum Gasteiger partial charge on any atom is -0.617 e. The van der Waals surface area contributed by atoms with E-state index in [2.05, 4.69) is 0 Å². The molecule has 1 aromatic heterocycles. The molecule has 0 N–H and O–H groups in total. The Morgan fingerprint density at radius 3 is 2.19 bits per heavy atom. The van der Waals surface area contributed by atoms with E-state index in [1.54, 1.807) is 43.9 Å². The van der Waals surface area contributed by atoms with Gasteiger partial charge in [-0.3, -0.25) is 4.79 Å². The van der Waals surface area contributed by atoms with Crippen LogP contribution in [0.1, 0.15) is 10.4 Å². The average Bonchev–Trinajstić information content (AvgIpc) is 3.06. The van der Waals surface area contributed by atoms with Crippen LogP contribution in [0.15, 0.2) is 58.3 Å². The van der Waals surface area contributed by atoms with Crippen LogP contribution in [0.5, 0.6) is 11.5 Å². The number of thioether (sulfide) groups is 1. The second-order valence-corrected chi connectivity index (χ2v) is 7.43. The highest BCUT2D eigenvalue weighted by Gasteiger charge is 2.19. The largest absolute Gasteiger partial charge is 0.617 e. The Balaban J connectivity index is 1.68. The number of ether oxygens (including phenoxy) is 2. The molecule has 2 aromatic carbocycles. The molecule has 0 unspecified atom stereocenters. The number of benzene rings is 2. The standard InChI is InChI=1S/C19H17NO4S2/c1-23-15-7-3-13(4-8-15)17-11-25-19(20(17)22)26-12-18(21)14-5-9-16(24-2)10-6-14/h3-11H,12H2,1-2H3. The van der Waals surface area contributed by atoms with Gasteiger partial charge in [0.2, 0.25) is 5.69 Å². The fourth-order valence-electron chi connectivity index (χ4n) is 2.33. The van der Waals surface area contributed by atoms with Gasteiger partial charge in [-0.15, -0.1) is 4.73 Å². The molecule has 3 aromatic rings. The third kappa shape index (κ3) is 4.00. The summed E-state index contributed by atoms with van der Waals surface area (Å²) in [5.41, 5.74) is 1.98. The van der Waals surface area contributed by atoms with Gasteiger partial charge >= 0.3 is 4.34 Å². The molecule has 0 saturated carbocycles. The second kappa shape index (κ2) is 8.25. The first-order valence-corrected chi connectivity index (χ1v) is 9.64. The summed E-state index contributed by atoms with van der Waals surface area (Å²) in [6.07, 6.45) is 0. The van der Waals surface area contributed by atoms with Crippen molar-refractivity contribution in [3.63, 3.8) is 0 Å². The topological polar surface area (TPSA) is 62.5 Å². The summed E-state index contributed by atoms with van der Waals surface area (Å²) >= 11 is 2.58. The van der Waals surface area contributed by atoms with Crippen LogP contribution in [0.3, 0.4) is 0 Å². The lowest BCUT2D eigenvalue weighted by molar-refractivity contribution is -0.626. The minimum absolute atomic E-state index is 0.0305. The molecule has 3 rings (SSSR count). The number of hydrogen-bond acceptors (Lipinski definition) is 6. The van der Waals surface area contributed by atoms with Crippen molar-refractivity contribution < 1.29 is 19.0 Å². The summed E-state index contributed by atoms with van der Waals surface area (Å²) < 4.78 is 11.6. The molecule has 0 aliphatic rings. The number of rotatable bonds is 7. The van der Waals surface area contributed by atoms with Crippen molar-refractivity contribution in [1.82, 2.24) is 0 Å². The number of hydrogen-bond donors (Lipinski definition) is 0. The molecular weight excluding hydrogens is 370 g/mol. The summed E-state index contributed by atoms with van der Waals surface area (Å²) in [5.74, 6) is 1.61. The van der Waals surface area contributed by atoms with Crippen LogP contribution in [0, 0.1) is 5.21 Å². The molecule has 0 spiro atoms. The maximum atomic E-state index is 12.5. The van der Waals surface area contributed by atoms with Gasteiger partial charge in [-0.2, -0.15) is 0 Å². The highest BCUT2D eigenvalue weighted by molar-refractivity contribution is 8.01. The van der Waals surface area contributed by atoms with Crippen molar-refractivity contribution >= 4 is 28.9 Å². The van der Waals surface area contributed by atoms with Crippen LogP contribution >= 0.6 is 23.1 Å². The Kier molecular flexibility index (Phi) is 5.80. The van der Waals surface area contributed by atoms with Crippen molar-refractivity contribution in [2.45, 2.75) is 4.34 Å². The molecule has 0 aliphatic carbocycles. The zero-order valence-corrected chi connectivity index (χ0v) is 15.9. The first-order valence-electron chi connectivity index (χ1n) is 7.78. The lowest BCUT2D eigenvalue weighted by Gasteiger charge is -2.04. The van der Waals surface area contributed by atoms with Gasteiger partial charge in [0.25, 0.3) is 0 Å². The van der Waals surface area contributed by atoms with Gasteiger partial charge in [-0.1, -0.05) is 11.3 Å². The van der Waals surface area contributed by atoms with Crippen LogP contribution in [0.2, 0.25) is 0 Å². The molecule has 134 valence electrons. The minimum atomic E-state index is -0.0305. The zero-order chi connectivity index (χ0) is 18.5. The van der Waals surface area contributed by atoms with E-state index in [1.807, 2.05) is 24.3 Å². The molecule has 1 heterocycles. The lowest BCUT2D eigenvalue weighted by Crippen LogP contribution is -2.28. The average molecular weight is 387 g/mol. The van der Waals surface area contributed by atoms with E-state index < -0.39 is 0 Å². The zero-order valence-electron chi connectivity index (χ0n) is 14.3. The van der Waals surface area contributed by atoms with Crippen LogP contribution < -0.4 is 14.2 Å². The van der Waals surface area contributed by atoms with E-state index >= 15 is 0 Å². The van der Waals surface area contributed by atoms with Crippen LogP contribution in [-0.4, -0.2) is 25.8 Å². The van der Waals surface area contributed by atoms with Crippen molar-refractivity contribution in [2.75, 3.05) is 20.0 Å². The van der Waals surface area contributed by atoms with Crippen LogP contribution in [0.25, 0.3) is 11.3 Å². The summed E-state index contributed by atoms with van der Waals surface area (Å²) in [7, 11) is 3.18. The Labute approximate surface area is 159 Å². The van der Waals surface area contributed by atoms with Gasteiger partial charge in [-0.05, 0) is 60.3 Å². The van der Waals surface area contributed by atoms with Crippen molar-refractivity contribution in [1.29, 1.82) is 0 Å². The summed E-state index contributed by atoms with van der Waals surface area (Å²) in [6.45, 7) is 0. The summed E-state index contributed by atoms with van der Waals surface area (Å²) in [5, 5.41) is 14.3. The number of nitrogens with zero attached hydrogens (tertiary/aromatic N) is 1. The smallest absolute Gasteiger partial charge is 0.309 e. The monoisotopic (exact) mass is 387 g/mol. The van der Waals surface area contributed by atoms with Crippen LogP contribution in [0.4, 0.5) is 0 Å². The number of carbonyl (C=O) groups excluding carboxylic acids is 1. The van der Waals surface area contributed by atoms with Crippen molar-refractivity contribution in [3.8, 4) is 22.8 Å². The predicted molar refractivity (Wildman–Crippen MR) is 103 cm³/mol. The van der Waals surface area contributed by atoms with E-state index in [0.29, 0.717) is 21.3 Å². The first kappa shape index (κ1) is 18.3. The number of Topliss-reactive ketones (excluding diaryl/α,β-unsaturated/α-hetero) is 1. The van der Waals surface area contributed by atoms with Gasteiger partial charge in [0.05, 0.1) is 25.4 Å². The van der Waals surface area contributed by atoms with E-state index in [0.717, 1.165) is 16.0 Å². The van der Waals surface area contributed by atoms with Gasteiger partial charge < -0.3 is 14.7 Å². The number of aromatic nitrogens is 1. The van der Waals surface area contributed by atoms with Gasteiger partial charge in [-0.25, -0.2) is 0 Å². The Morgan fingerprint density at radius 1 is 1.04 bits per heavy atom. The number of methoxy groups -OCH3 is 2. The third-order valence-electron chi connectivity index (χ3n) is 3.78. The van der Waals surface area contributed by atoms with Crippen molar-refractivity contribution in [3.05, 3.63) is 64.7 Å². The molecule has 0 bridgehead atoms. The van der Waals surface area contributed by atoms with Gasteiger partial charge in [0.15, 0.2) is 5.78 Å². The molecular formula is C19H17NO4S2. The van der Waals surface area contributed by atoms with E-state index in [9.17, 15) is 10.0 Å². The summed E-state index contributed by atoms with van der Waals surface area (Å²) in [4.78, 5) is 12.3. The lowest BCUT2D eigenvalue weighted by atomic mass is 10.1. The second-order valence-electron chi connectivity index (χ2n) is 5.35. The number of thiazole rings is 1. The van der Waals surface area contributed by atoms with E-state index in [1.165, 1.54) is 23.1 Å². The third-order valence-corrected chi connectivity index (χ3v) is 5.95. The SMILES string of the molecule is COc1ccc(C(=O)CSc2scc(-c3ccc(OC)cc3)[n+]2[O-])cc1. The van der Waals surface area contributed by atoms with Crippen LogP contribution in [-0.2, 0) is 0 Å². The molecule has 26 heavy (non-hydrogen) atoms. The maximum absolute atomic E-state index is 12.5. The highest BCUT2D eigenvalue weighted by atomic mass is 32.2. The Hall–Kier alpha value is -2.51. The van der Waals surface area contributed by atoms with Crippen molar-refractivity contribution in [2.24, 2.45) is 0 Å². The number of ketones is 1. The highest BCUT2D eigenvalue weighted by Crippen LogP contribution is 2.28. The normalized spacial score (nSPS) is 10.5. The first-order chi connectivity index (χ1) is 12.6. The molecule has 0 atom stereocenters. The quantitative estimate of drug-likeness (QED) is 0.265. The fourth-order valence-corrected chi connectivity index (χ4v) is 4.20. The molecule has 0 radical (unpaired) electrons. The molecule has 0 amide bonds. The molecule has 7 heteroatoms. The van der Waals surface area contributed by atoms with Gasteiger partial charge in [0, 0.05) is 11.1 Å². The molecule has 0 saturated heterocycles. The number of carbonyl (C=O) groups is 1. The van der Waals surface area contributed by atoms with E-state index in [4.69, 9.17) is 9.47 Å². The Morgan fingerprint density at radius 2 is 1.62 bits per heavy atom. The molecule has 0 fully saturated rings. The maximum Gasteiger partial charge on any atom is 0.309 e. The molecule has 5 nitrogen and oxygen atoms in total. The Bertz CT molecular complexity index is 889. The predicted octanol–water partition coefficient (Wildman–Crippen LogP) is 4.04.